The zero-order chi connectivity index (χ0) is 16.7. The number of hydrogen-bond donors (Lipinski definition) is 0. The van der Waals surface area contributed by atoms with Crippen molar-refractivity contribution in [3.63, 3.8) is 0 Å². The van der Waals surface area contributed by atoms with Crippen molar-refractivity contribution in [2.75, 3.05) is 26.7 Å². The summed E-state index contributed by atoms with van der Waals surface area (Å²) in [6.07, 6.45) is 0.873. The lowest BCUT2D eigenvalue weighted by Gasteiger charge is -2.36. The molecule has 0 spiro atoms. The van der Waals surface area contributed by atoms with Crippen molar-refractivity contribution in [1.82, 2.24) is 9.80 Å². The first-order chi connectivity index (χ1) is 11.2. The normalized spacial score (nSPS) is 15.1. The number of likely N-dealkylation sites (tertiary alicyclic amines) is 1. The molecule has 1 fully saturated rings. The molecule has 0 saturated carbocycles. The highest BCUT2D eigenvalue weighted by Crippen LogP contribution is 2.18. The zero-order valence-corrected chi connectivity index (χ0v) is 13.7. The van der Waals surface area contributed by atoms with E-state index in [0.29, 0.717) is 19.6 Å². The SMILES string of the molecule is CCN(C(=O)OC)C1CCN(C(=O)OCc2ccccc2)CC1. The Labute approximate surface area is 137 Å². The van der Waals surface area contributed by atoms with Gasteiger partial charge in [0.25, 0.3) is 0 Å². The van der Waals surface area contributed by atoms with Gasteiger partial charge in [0.2, 0.25) is 0 Å². The molecule has 2 rings (SSSR count). The van der Waals surface area contributed by atoms with Crippen molar-refractivity contribution in [2.24, 2.45) is 0 Å². The Hall–Kier alpha value is -2.24. The molecular weight excluding hydrogens is 296 g/mol. The first kappa shape index (κ1) is 17.1. The smallest absolute Gasteiger partial charge is 0.410 e. The van der Waals surface area contributed by atoms with Crippen molar-refractivity contribution in [1.29, 1.82) is 0 Å². The summed E-state index contributed by atoms with van der Waals surface area (Å²) < 4.78 is 10.1. The highest BCUT2D eigenvalue weighted by Gasteiger charge is 2.29. The number of rotatable bonds is 4. The average Bonchev–Trinajstić information content (AvgIpc) is 2.61. The lowest BCUT2D eigenvalue weighted by Crippen LogP contribution is -2.48. The third-order valence-corrected chi connectivity index (χ3v) is 4.12. The van der Waals surface area contributed by atoms with Gasteiger partial charge < -0.3 is 19.3 Å². The van der Waals surface area contributed by atoms with Gasteiger partial charge in [0.1, 0.15) is 6.61 Å². The topological polar surface area (TPSA) is 59.1 Å². The van der Waals surface area contributed by atoms with Crippen molar-refractivity contribution in [3.05, 3.63) is 35.9 Å². The minimum absolute atomic E-state index is 0.116. The van der Waals surface area contributed by atoms with Gasteiger partial charge in [-0.1, -0.05) is 30.3 Å². The maximum atomic E-state index is 12.1. The molecule has 23 heavy (non-hydrogen) atoms. The Balaban J connectivity index is 1.79. The molecule has 126 valence electrons. The molecule has 1 aliphatic heterocycles. The van der Waals surface area contributed by atoms with Gasteiger partial charge in [-0.15, -0.1) is 0 Å². The summed E-state index contributed by atoms with van der Waals surface area (Å²) in [6, 6.07) is 9.73. The van der Waals surface area contributed by atoms with Crippen LogP contribution in [-0.4, -0.2) is 54.8 Å². The Morgan fingerprint density at radius 1 is 1.22 bits per heavy atom. The largest absolute Gasteiger partial charge is 0.453 e. The Bertz CT molecular complexity index is 513. The Morgan fingerprint density at radius 3 is 2.43 bits per heavy atom. The van der Waals surface area contributed by atoms with Gasteiger partial charge in [0, 0.05) is 25.7 Å². The summed E-state index contributed by atoms with van der Waals surface area (Å²) in [5, 5.41) is 0. The molecule has 0 radical (unpaired) electrons. The van der Waals surface area contributed by atoms with E-state index in [1.165, 1.54) is 7.11 Å². The minimum Gasteiger partial charge on any atom is -0.453 e. The van der Waals surface area contributed by atoms with Crippen LogP contribution in [0.2, 0.25) is 0 Å². The number of ether oxygens (including phenoxy) is 2. The highest BCUT2D eigenvalue weighted by atomic mass is 16.6. The van der Waals surface area contributed by atoms with Gasteiger partial charge in [-0.25, -0.2) is 9.59 Å². The standard InChI is InChI=1S/C17H24N2O4/c1-3-19(17(21)22-2)15-9-11-18(12-10-15)16(20)23-13-14-7-5-4-6-8-14/h4-8,15H,3,9-13H2,1-2H3. The third kappa shape index (κ3) is 4.61. The number of nitrogens with zero attached hydrogens (tertiary/aromatic N) is 2. The third-order valence-electron chi connectivity index (χ3n) is 4.12. The molecule has 0 aromatic heterocycles. The molecule has 0 atom stereocenters. The predicted molar refractivity (Wildman–Crippen MR) is 86.0 cm³/mol. The molecule has 0 N–H and O–H groups in total. The fourth-order valence-corrected chi connectivity index (χ4v) is 2.82. The molecule has 0 bridgehead atoms. The van der Waals surface area contributed by atoms with Crippen LogP contribution in [0.1, 0.15) is 25.3 Å². The van der Waals surface area contributed by atoms with Crippen LogP contribution in [0.3, 0.4) is 0 Å². The van der Waals surface area contributed by atoms with Crippen molar-refractivity contribution < 1.29 is 19.1 Å². The molecule has 6 heteroatoms. The van der Waals surface area contributed by atoms with Gasteiger partial charge in [-0.2, -0.15) is 0 Å². The van der Waals surface area contributed by atoms with Crippen LogP contribution >= 0.6 is 0 Å². The molecule has 6 nitrogen and oxygen atoms in total. The fourth-order valence-electron chi connectivity index (χ4n) is 2.82. The summed E-state index contributed by atoms with van der Waals surface area (Å²) >= 11 is 0. The van der Waals surface area contributed by atoms with Crippen LogP contribution in [0.25, 0.3) is 0 Å². The van der Waals surface area contributed by atoms with Crippen LogP contribution in [0.4, 0.5) is 9.59 Å². The maximum Gasteiger partial charge on any atom is 0.410 e. The van der Waals surface area contributed by atoms with E-state index in [-0.39, 0.29) is 24.8 Å². The molecule has 1 saturated heterocycles. The summed E-state index contributed by atoms with van der Waals surface area (Å²) in [5.41, 5.74) is 0.971. The number of amides is 2. The molecule has 0 aliphatic carbocycles. The van der Waals surface area contributed by atoms with Crippen LogP contribution in [0, 0.1) is 0 Å². The molecule has 0 unspecified atom stereocenters. The van der Waals surface area contributed by atoms with Gasteiger partial charge in [-0.05, 0) is 25.3 Å². The lowest BCUT2D eigenvalue weighted by molar-refractivity contribution is 0.0628. The van der Waals surface area contributed by atoms with Gasteiger partial charge in [0.15, 0.2) is 0 Å². The van der Waals surface area contributed by atoms with Gasteiger partial charge in [0.05, 0.1) is 7.11 Å². The molecule has 1 heterocycles. The van der Waals surface area contributed by atoms with E-state index in [0.717, 1.165) is 18.4 Å². The number of benzene rings is 1. The Morgan fingerprint density at radius 2 is 1.87 bits per heavy atom. The van der Waals surface area contributed by atoms with E-state index in [9.17, 15) is 9.59 Å². The fraction of sp³-hybridized carbons (Fsp3) is 0.529. The summed E-state index contributed by atoms with van der Waals surface area (Å²) in [7, 11) is 1.39. The molecular formula is C17H24N2O4. The maximum absolute atomic E-state index is 12.1. The predicted octanol–water partition coefficient (Wildman–Crippen LogP) is 2.88. The van der Waals surface area contributed by atoms with E-state index in [1.807, 2.05) is 37.3 Å². The lowest BCUT2D eigenvalue weighted by atomic mass is 10.0. The van der Waals surface area contributed by atoms with Crippen LogP contribution in [0.15, 0.2) is 30.3 Å². The van der Waals surface area contributed by atoms with Crippen molar-refractivity contribution >= 4 is 12.2 Å². The minimum atomic E-state index is -0.308. The number of piperidine rings is 1. The number of carbonyl (C=O) groups excluding carboxylic acids is 2. The summed E-state index contributed by atoms with van der Waals surface area (Å²) in [5.74, 6) is 0. The van der Waals surface area contributed by atoms with E-state index in [2.05, 4.69) is 0 Å². The van der Waals surface area contributed by atoms with Crippen LogP contribution < -0.4 is 0 Å². The second-order valence-corrected chi connectivity index (χ2v) is 5.51. The van der Waals surface area contributed by atoms with Gasteiger partial charge in [-0.3, -0.25) is 0 Å². The zero-order valence-electron chi connectivity index (χ0n) is 13.7. The van der Waals surface area contributed by atoms with E-state index < -0.39 is 0 Å². The molecule has 1 aromatic carbocycles. The molecule has 1 aliphatic rings. The summed E-state index contributed by atoms with van der Waals surface area (Å²) in [4.78, 5) is 27.2. The highest BCUT2D eigenvalue weighted by molar-refractivity contribution is 5.69. The second-order valence-electron chi connectivity index (χ2n) is 5.51. The van der Waals surface area contributed by atoms with E-state index in [4.69, 9.17) is 9.47 Å². The monoisotopic (exact) mass is 320 g/mol. The first-order valence-electron chi connectivity index (χ1n) is 7.96. The van der Waals surface area contributed by atoms with E-state index in [1.54, 1.807) is 9.80 Å². The number of hydrogen-bond acceptors (Lipinski definition) is 4. The van der Waals surface area contributed by atoms with Gasteiger partial charge >= 0.3 is 12.2 Å². The molecule has 2 amide bonds. The second kappa shape index (κ2) is 8.41. The Kier molecular flexibility index (Phi) is 6.26. The quantitative estimate of drug-likeness (QED) is 0.856. The first-order valence-corrected chi connectivity index (χ1v) is 7.96. The van der Waals surface area contributed by atoms with E-state index >= 15 is 0 Å². The molecule has 1 aromatic rings. The van der Waals surface area contributed by atoms with Crippen molar-refractivity contribution in [3.8, 4) is 0 Å². The van der Waals surface area contributed by atoms with Crippen LogP contribution in [0.5, 0.6) is 0 Å². The number of methoxy groups -OCH3 is 1. The average molecular weight is 320 g/mol. The van der Waals surface area contributed by atoms with Crippen molar-refractivity contribution in [2.45, 2.75) is 32.4 Å². The van der Waals surface area contributed by atoms with Crippen LogP contribution in [-0.2, 0) is 16.1 Å². The summed E-state index contributed by atoms with van der Waals surface area (Å²) in [6.45, 7) is 3.99. The number of carbonyl (C=O) groups is 2.